The second kappa shape index (κ2) is 12.0. The van der Waals surface area contributed by atoms with Crippen LogP contribution in [-0.2, 0) is 38.8 Å². The van der Waals surface area contributed by atoms with E-state index in [1.807, 2.05) is 91.0 Å². The highest BCUT2D eigenvalue weighted by Gasteiger charge is 2.47. The highest BCUT2D eigenvalue weighted by Crippen LogP contribution is 2.29. The molecule has 3 aromatic rings. The van der Waals surface area contributed by atoms with Crippen molar-refractivity contribution < 1.29 is 29.2 Å². The predicted molar refractivity (Wildman–Crippen MR) is 123 cm³/mol. The molecule has 0 unspecified atom stereocenters. The van der Waals surface area contributed by atoms with E-state index in [2.05, 4.69) is 0 Å². The molecule has 6 heteroatoms. The van der Waals surface area contributed by atoms with Crippen molar-refractivity contribution in [1.82, 2.24) is 0 Å². The number of benzene rings is 3. The van der Waals surface area contributed by atoms with Gasteiger partial charge < -0.3 is 29.2 Å². The van der Waals surface area contributed by atoms with Crippen molar-refractivity contribution in [2.75, 3.05) is 6.61 Å². The Morgan fingerprint density at radius 1 is 0.606 bits per heavy atom. The number of ether oxygens (including phenoxy) is 4. The van der Waals surface area contributed by atoms with Gasteiger partial charge in [0.15, 0.2) is 6.29 Å². The van der Waals surface area contributed by atoms with Crippen molar-refractivity contribution in [2.45, 2.75) is 50.5 Å². The zero-order valence-electron chi connectivity index (χ0n) is 18.4. The molecular formula is C27H30O6. The van der Waals surface area contributed by atoms with Crippen molar-refractivity contribution in [3.63, 3.8) is 0 Å². The van der Waals surface area contributed by atoms with Crippen LogP contribution in [0.15, 0.2) is 91.0 Å². The van der Waals surface area contributed by atoms with E-state index in [-0.39, 0.29) is 13.2 Å². The quantitative estimate of drug-likeness (QED) is 0.493. The van der Waals surface area contributed by atoms with E-state index in [4.69, 9.17) is 18.9 Å². The molecule has 0 saturated carbocycles. The first kappa shape index (κ1) is 23.6. The van der Waals surface area contributed by atoms with E-state index >= 15 is 0 Å². The van der Waals surface area contributed by atoms with Crippen LogP contribution < -0.4 is 0 Å². The summed E-state index contributed by atoms with van der Waals surface area (Å²) in [6.45, 7) is 0.540. The van der Waals surface area contributed by atoms with Gasteiger partial charge >= 0.3 is 0 Å². The Hall–Kier alpha value is -2.58. The molecule has 4 rings (SSSR count). The average Bonchev–Trinajstić information content (AvgIpc) is 2.88. The maximum atomic E-state index is 10.9. The molecule has 0 bridgehead atoms. The molecule has 0 spiro atoms. The first-order valence-corrected chi connectivity index (χ1v) is 11.2. The number of aliphatic hydroxyl groups is 2. The smallest absolute Gasteiger partial charge is 0.187 e. The summed E-state index contributed by atoms with van der Waals surface area (Å²) in [6, 6.07) is 29.2. The van der Waals surface area contributed by atoms with Gasteiger partial charge in [0.1, 0.15) is 24.4 Å². The molecule has 33 heavy (non-hydrogen) atoms. The monoisotopic (exact) mass is 450 g/mol. The Morgan fingerprint density at radius 2 is 1.03 bits per heavy atom. The van der Waals surface area contributed by atoms with Crippen LogP contribution >= 0.6 is 0 Å². The molecule has 1 aliphatic heterocycles. The Labute approximate surface area is 194 Å². The Balaban J connectivity index is 1.52. The van der Waals surface area contributed by atoms with Gasteiger partial charge in [-0.1, -0.05) is 91.0 Å². The summed E-state index contributed by atoms with van der Waals surface area (Å²) in [7, 11) is 0. The third-order valence-corrected chi connectivity index (χ3v) is 5.63. The Morgan fingerprint density at radius 3 is 1.48 bits per heavy atom. The van der Waals surface area contributed by atoms with Gasteiger partial charge in [0, 0.05) is 0 Å². The fraction of sp³-hybridized carbons (Fsp3) is 0.333. The van der Waals surface area contributed by atoms with Gasteiger partial charge in [0.2, 0.25) is 0 Å². The molecule has 0 aliphatic carbocycles. The molecule has 174 valence electrons. The second-order valence-corrected chi connectivity index (χ2v) is 8.04. The van der Waals surface area contributed by atoms with Crippen LogP contribution in [0.4, 0.5) is 0 Å². The number of rotatable bonds is 10. The summed E-state index contributed by atoms with van der Waals surface area (Å²) in [5, 5.41) is 20.8. The minimum atomic E-state index is -1.07. The molecule has 0 radical (unpaired) electrons. The summed E-state index contributed by atoms with van der Waals surface area (Å²) in [5.41, 5.74) is 2.94. The van der Waals surface area contributed by atoms with E-state index in [0.29, 0.717) is 13.2 Å². The van der Waals surface area contributed by atoms with Crippen LogP contribution in [0.1, 0.15) is 16.7 Å². The second-order valence-electron chi connectivity index (χ2n) is 8.04. The van der Waals surface area contributed by atoms with Crippen LogP contribution in [0.5, 0.6) is 0 Å². The summed E-state index contributed by atoms with van der Waals surface area (Å²) in [5.74, 6) is 0. The third-order valence-electron chi connectivity index (χ3n) is 5.63. The van der Waals surface area contributed by atoms with Crippen LogP contribution in [0, 0.1) is 0 Å². The molecule has 1 fully saturated rings. The topological polar surface area (TPSA) is 77.4 Å². The van der Waals surface area contributed by atoms with Gasteiger partial charge in [-0.2, -0.15) is 0 Å². The minimum absolute atomic E-state index is 0.289. The maximum Gasteiger partial charge on any atom is 0.187 e. The lowest BCUT2D eigenvalue weighted by Crippen LogP contribution is -2.60. The first-order valence-electron chi connectivity index (χ1n) is 11.2. The third kappa shape index (κ3) is 6.48. The summed E-state index contributed by atoms with van der Waals surface area (Å²) >= 11 is 0. The lowest BCUT2D eigenvalue weighted by Gasteiger charge is -2.43. The highest BCUT2D eigenvalue weighted by atomic mass is 16.7. The molecule has 5 atom stereocenters. The molecule has 1 heterocycles. The van der Waals surface area contributed by atoms with E-state index in [1.54, 1.807) is 0 Å². The molecular weight excluding hydrogens is 420 g/mol. The largest absolute Gasteiger partial charge is 0.394 e. The van der Waals surface area contributed by atoms with Crippen LogP contribution in [0.25, 0.3) is 0 Å². The molecule has 6 nitrogen and oxygen atoms in total. The first-order chi connectivity index (χ1) is 16.2. The molecule has 0 aromatic heterocycles. The van der Waals surface area contributed by atoms with Gasteiger partial charge in [-0.15, -0.1) is 0 Å². The molecule has 1 aliphatic rings. The standard InChI is InChI=1S/C27H30O6/c28-16-23-24(29)25(30-17-20-10-4-1-5-11-20)26(31-18-21-12-6-2-7-13-21)27(33-23)32-19-22-14-8-3-9-15-22/h1-15,23-29H,16-19H2/t23-,24-,25+,26-,27-/m1/s1. The van der Waals surface area contributed by atoms with Crippen LogP contribution in [0.3, 0.4) is 0 Å². The van der Waals surface area contributed by atoms with Gasteiger partial charge in [-0.3, -0.25) is 0 Å². The fourth-order valence-electron chi connectivity index (χ4n) is 3.83. The normalized spacial score (nSPS) is 25.1. The Kier molecular flexibility index (Phi) is 8.60. The van der Waals surface area contributed by atoms with Crippen LogP contribution in [0.2, 0.25) is 0 Å². The molecule has 1 saturated heterocycles. The van der Waals surface area contributed by atoms with Crippen molar-refractivity contribution >= 4 is 0 Å². The zero-order chi connectivity index (χ0) is 22.9. The van der Waals surface area contributed by atoms with Crippen LogP contribution in [-0.4, -0.2) is 47.5 Å². The molecule has 3 aromatic carbocycles. The summed E-state index contributed by atoms with van der Waals surface area (Å²) < 4.78 is 24.4. The maximum absolute atomic E-state index is 10.9. The van der Waals surface area contributed by atoms with Crippen molar-refractivity contribution in [2.24, 2.45) is 0 Å². The van der Waals surface area contributed by atoms with Crippen molar-refractivity contribution in [3.8, 4) is 0 Å². The fourth-order valence-corrected chi connectivity index (χ4v) is 3.83. The van der Waals surface area contributed by atoms with E-state index in [9.17, 15) is 10.2 Å². The van der Waals surface area contributed by atoms with E-state index in [1.165, 1.54) is 0 Å². The number of hydrogen-bond acceptors (Lipinski definition) is 6. The molecule has 2 N–H and O–H groups in total. The average molecular weight is 451 g/mol. The van der Waals surface area contributed by atoms with Crippen molar-refractivity contribution in [3.05, 3.63) is 108 Å². The lowest BCUT2D eigenvalue weighted by atomic mass is 9.98. The summed E-state index contributed by atoms with van der Waals surface area (Å²) in [4.78, 5) is 0. The Bertz CT molecular complexity index is 937. The number of hydrogen-bond donors (Lipinski definition) is 2. The van der Waals surface area contributed by atoms with E-state index < -0.39 is 30.7 Å². The molecule has 0 amide bonds. The van der Waals surface area contributed by atoms with Gasteiger partial charge in [0.25, 0.3) is 0 Å². The van der Waals surface area contributed by atoms with Crippen molar-refractivity contribution in [1.29, 1.82) is 0 Å². The lowest BCUT2D eigenvalue weighted by molar-refractivity contribution is -0.322. The minimum Gasteiger partial charge on any atom is -0.394 e. The van der Waals surface area contributed by atoms with Gasteiger partial charge in [-0.25, -0.2) is 0 Å². The SMILES string of the molecule is OC[C@H]1O[C@@H](OCc2ccccc2)[C@H](OCc2ccccc2)[C@@H](OCc2ccccc2)[C@@H]1O. The van der Waals surface area contributed by atoms with E-state index in [0.717, 1.165) is 16.7 Å². The predicted octanol–water partition coefficient (Wildman–Crippen LogP) is 3.45. The zero-order valence-corrected chi connectivity index (χ0v) is 18.4. The van der Waals surface area contributed by atoms with Gasteiger partial charge in [-0.05, 0) is 16.7 Å². The highest BCUT2D eigenvalue weighted by molar-refractivity contribution is 5.15. The van der Waals surface area contributed by atoms with Gasteiger partial charge in [0.05, 0.1) is 26.4 Å². The number of aliphatic hydroxyl groups excluding tert-OH is 2. The summed E-state index contributed by atoms with van der Waals surface area (Å²) in [6.07, 6.45) is -4.19.